The molecule has 0 saturated heterocycles. The van der Waals surface area contributed by atoms with Crippen molar-refractivity contribution in [1.29, 1.82) is 0 Å². The van der Waals surface area contributed by atoms with Crippen molar-refractivity contribution in [3.8, 4) is 0 Å². The summed E-state index contributed by atoms with van der Waals surface area (Å²) >= 11 is -2.66. The normalized spacial score (nSPS) is 28.3. The molecule has 0 aromatic carbocycles. The standard InChI is InChI=1S/C14H19.C3H4O2.2CH3.Ti/c1-10-11-6-2-4-8-13(11)14-9-5-3-7-12(10)14;1-2-3(4)5;;;/h6,10H,2-5,7-9H2,1H3;2H,1H2,(H,4,5);2*1H3;/q;;;;+1/p-1. The maximum atomic E-state index is 11.8. The summed E-state index contributed by atoms with van der Waals surface area (Å²) in [5, 5.41) is 4.51. The molecule has 0 aromatic heterocycles. The van der Waals surface area contributed by atoms with Crippen LogP contribution in [-0.2, 0) is 25.1 Å². The monoisotopic (exact) mass is 336 g/mol. The first-order chi connectivity index (χ1) is 10.5. The van der Waals surface area contributed by atoms with Crippen LogP contribution in [0.4, 0.5) is 0 Å². The van der Waals surface area contributed by atoms with Gasteiger partial charge in [-0.05, 0) is 0 Å². The van der Waals surface area contributed by atoms with Gasteiger partial charge >= 0.3 is 138 Å². The van der Waals surface area contributed by atoms with Crippen molar-refractivity contribution in [2.75, 3.05) is 0 Å². The predicted molar refractivity (Wildman–Crippen MR) is 87.3 cm³/mol. The van der Waals surface area contributed by atoms with Crippen LogP contribution in [0.3, 0.4) is 0 Å². The number of hydrogen-bond donors (Lipinski definition) is 0. The summed E-state index contributed by atoms with van der Waals surface area (Å²) < 4.78 is 6.45. The van der Waals surface area contributed by atoms with E-state index < -0.39 is 17.0 Å². The van der Waals surface area contributed by atoms with Crippen molar-refractivity contribution in [1.82, 2.24) is 0 Å². The zero-order chi connectivity index (χ0) is 15.9. The Kier molecular flexibility index (Phi) is 4.53. The van der Waals surface area contributed by atoms with Crippen molar-refractivity contribution in [2.45, 2.75) is 66.5 Å². The molecule has 0 bridgehead atoms. The van der Waals surface area contributed by atoms with Crippen LogP contribution in [0.2, 0.25) is 14.7 Å². The molecule has 3 rings (SSSR count). The second-order valence-electron chi connectivity index (χ2n) is 7.54. The molecule has 120 valence electrons. The van der Waals surface area contributed by atoms with Crippen LogP contribution in [0.1, 0.15) is 51.9 Å². The van der Waals surface area contributed by atoms with Gasteiger partial charge in [0.05, 0.1) is 0 Å². The van der Waals surface area contributed by atoms with Gasteiger partial charge in [0, 0.05) is 0 Å². The number of carbonyl (C=O) groups excluding carboxylic acids is 1. The van der Waals surface area contributed by atoms with E-state index in [0.29, 0.717) is 10.1 Å². The zero-order valence-electron chi connectivity index (χ0n) is 14.2. The van der Waals surface area contributed by atoms with Crippen molar-refractivity contribution in [3.63, 3.8) is 0 Å². The fraction of sp³-hybridized carbons (Fsp3) is 0.632. The SMILES string of the molecule is C=CC(=O)[O][Ti]([CH3])([CH3])[CH]1CCCC2=C1C(C)C1=C2CCCC1. The van der Waals surface area contributed by atoms with Gasteiger partial charge in [0.15, 0.2) is 0 Å². The van der Waals surface area contributed by atoms with Crippen LogP contribution in [0.25, 0.3) is 0 Å². The third-order valence-corrected chi connectivity index (χ3v) is 10.6. The molecular formula is C19H28O2Ti. The van der Waals surface area contributed by atoms with Gasteiger partial charge in [-0.3, -0.25) is 0 Å². The summed E-state index contributed by atoms with van der Waals surface area (Å²) in [5.41, 5.74) is 6.76. The van der Waals surface area contributed by atoms with Crippen molar-refractivity contribution in [3.05, 3.63) is 34.9 Å². The Labute approximate surface area is 138 Å². The van der Waals surface area contributed by atoms with Gasteiger partial charge in [0.25, 0.3) is 0 Å². The number of rotatable bonds is 3. The van der Waals surface area contributed by atoms with E-state index in [1.807, 2.05) is 0 Å². The fourth-order valence-electron chi connectivity index (χ4n) is 4.91. The number of hydrogen-bond acceptors (Lipinski definition) is 2. The van der Waals surface area contributed by atoms with Gasteiger partial charge in [-0.25, -0.2) is 0 Å². The van der Waals surface area contributed by atoms with E-state index in [9.17, 15) is 4.79 Å². The first kappa shape index (κ1) is 16.3. The minimum absolute atomic E-state index is 0.221. The van der Waals surface area contributed by atoms with Crippen molar-refractivity contribution in [2.24, 2.45) is 5.92 Å². The van der Waals surface area contributed by atoms with E-state index in [1.54, 1.807) is 22.3 Å². The fourth-order valence-corrected chi connectivity index (χ4v) is 9.31. The van der Waals surface area contributed by atoms with E-state index >= 15 is 0 Å². The molecule has 0 aliphatic heterocycles. The van der Waals surface area contributed by atoms with Crippen molar-refractivity contribution < 1.29 is 25.1 Å². The van der Waals surface area contributed by atoms with Gasteiger partial charge in [0.1, 0.15) is 0 Å². The first-order valence-corrected chi connectivity index (χ1v) is 13.4. The van der Waals surface area contributed by atoms with Gasteiger partial charge in [-0.1, -0.05) is 0 Å². The third-order valence-electron chi connectivity index (χ3n) is 5.88. The van der Waals surface area contributed by atoms with Crippen LogP contribution in [0.5, 0.6) is 0 Å². The van der Waals surface area contributed by atoms with Gasteiger partial charge in [-0.15, -0.1) is 0 Å². The summed E-state index contributed by atoms with van der Waals surface area (Å²) in [6.07, 6.45) is 10.3. The van der Waals surface area contributed by atoms with Gasteiger partial charge in [0.2, 0.25) is 0 Å². The van der Waals surface area contributed by atoms with E-state index in [-0.39, 0.29) is 5.97 Å². The van der Waals surface area contributed by atoms with Crippen LogP contribution >= 0.6 is 0 Å². The average Bonchev–Trinajstić information content (AvgIpc) is 2.80. The predicted octanol–water partition coefficient (Wildman–Crippen LogP) is 5.67. The minimum atomic E-state index is -2.66. The molecule has 22 heavy (non-hydrogen) atoms. The molecule has 0 amide bonds. The Morgan fingerprint density at radius 3 is 2.59 bits per heavy atom. The van der Waals surface area contributed by atoms with E-state index in [0.717, 1.165) is 0 Å². The van der Waals surface area contributed by atoms with Crippen LogP contribution in [-0.4, -0.2) is 5.97 Å². The van der Waals surface area contributed by atoms with E-state index in [2.05, 4.69) is 24.0 Å². The topological polar surface area (TPSA) is 26.3 Å². The molecule has 0 fully saturated rings. The van der Waals surface area contributed by atoms with Crippen LogP contribution < -0.4 is 0 Å². The Bertz CT molecular complexity index is 568. The Morgan fingerprint density at radius 2 is 1.86 bits per heavy atom. The molecule has 0 heterocycles. The molecule has 3 heteroatoms. The maximum absolute atomic E-state index is 11.8. The molecule has 2 nitrogen and oxygen atoms in total. The molecular weight excluding hydrogens is 308 g/mol. The Balaban J connectivity index is 1.93. The average molecular weight is 336 g/mol. The molecule has 2 atom stereocenters. The molecule has 0 N–H and O–H groups in total. The summed E-state index contributed by atoms with van der Waals surface area (Å²) in [6.45, 7) is 5.96. The summed E-state index contributed by atoms with van der Waals surface area (Å²) in [7, 11) is 0. The number of carbonyl (C=O) groups is 1. The molecule has 0 aromatic rings. The molecule has 0 radical (unpaired) electrons. The second kappa shape index (κ2) is 6.13. The summed E-state index contributed by atoms with van der Waals surface area (Å²) in [4.78, 5) is 11.8. The molecule has 3 aliphatic carbocycles. The second-order valence-corrected chi connectivity index (χ2v) is 14.0. The van der Waals surface area contributed by atoms with Gasteiger partial charge in [-0.2, -0.15) is 0 Å². The first-order valence-electron chi connectivity index (χ1n) is 8.76. The van der Waals surface area contributed by atoms with Crippen LogP contribution in [0.15, 0.2) is 34.9 Å². The number of fused-ring (bicyclic) bond motifs is 1. The Hall–Kier alpha value is -0.596. The van der Waals surface area contributed by atoms with E-state index in [1.165, 1.54) is 51.0 Å². The van der Waals surface area contributed by atoms with Crippen molar-refractivity contribution >= 4 is 5.97 Å². The van der Waals surface area contributed by atoms with Crippen LogP contribution in [0, 0.1) is 5.92 Å². The van der Waals surface area contributed by atoms with E-state index in [4.69, 9.17) is 3.32 Å². The molecule has 0 saturated carbocycles. The summed E-state index contributed by atoms with van der Waals surface area (Å²) in [5.74, 6) is 0.379. The molecule has 2 unspecified atom stereocenters. The third kappa shape index (κ3) is 2.69. The zero-order valence-corrected chi connectivity index (χ0v) is 15.8. The number of allylic oxidation sites excluding steroid dienone is 4. The quantitative estimate of drug-likeness (QED) is 0.490. The van der Waals surface area contributed by atoms with Gasteiger partial charge < -0.3 is 0 Å². The summed E-state index contributed by atoms with van der Waals surface area (Å²) in [6, 6.07) is 0. The Morgan fingerprint density at radius 1 is 1.18 bits per heavy atom. The molecule has 3 aliphatic rings. The molecule has 0 spiro atoms.